The molecule has 0 aliphatic carbocycles. The largest absolute Gasteiger partial charge is 0.376 e. The number of hydrogen-bond acceptors (Lipinski definition) is 4. The maximum Gasteiger partial charge on any atom is 0.246 e. The lowest BCUT2D eigenvalue weighted by molar-refractivity contribution is -0.128. The van der Waals surface area contributed by atoms with Crippen LogP contribution >= 0.6 is 0 Å². The van der Waals surface area contributed by atoms with Crippen molar-refractivity contribution in [3.63, 3.8) is 0 Å². The zero-order valence-electron chi connectivity index (χ0n) is 13.7. The van der Waals surface area contributed by atoms with E-state index >= 15 is 0 Å². The van der Waals surface area contributed by atoms with E-state index in [0.717, 1.165) is 51.2 Å². The summed E-state index contributed by atoms with van der Waals surface area (Å²) < 4.78 is 5.61. The summed E-state index contributed by atoms with van der Waals surface area (Å²) in [4.78, 5) is 20.8. The molecule has 2 fully saturated rings. The van der Waals surface area contributed by atoms with Crippen molar-refractivity contribution < 1.29 is 9.53 Å². The highest BCUT2D eigenvalue weighted by atomic mass is 16.5. The van der Waals surface area contributed by atoms with Crippen molar-refractivity contribution in [2.75, 3.05) is 32.8 Å². The van der Waals surface area contributed by atoms with Crippen molar-refractivity contribution in [3.8, 4) is 0 Å². The molecule has 2 saturated heterocycles. The summed E-state index contributed by atoms with van der Waals surface area (Å²) in [5, 5.41) is 0. The summed E-state index contributed by atoms with van der Waals surface area (Å²) in [5.74, 6) is 0.107. The zero-order valence-corrected chi connectivity index (χ0v) is 13.7. The van der Waals surface area contributed by atoms with E-state index in [1.807, 2.05) is 23.1 Å². The average Bonchev–Trinajstić information content (AvgIpc) is 2.61. The Hall–Kier alpha value is -1.72. The molecule has 2 aliphatic rings. The van der Waals surface area contributed by atoms with E-state index in [4.69, 9.17) is 4.74 Å². The normalized spacial score (nSPS) is 24.2. The fraction of sp³-hybridized carbons (Fsp3) is 0.556. The number of ether oxygens (including phenoxy) is 1. The van der Waals surface area contributed by atoms with Crippen molar-refractivity contribution in [1.29, 1.82) is 0 Å². The van der Waals surface area contributed by atoms with E-state index in [0.29, 0.717) is 12.1 Å². The molecule has 1 aromatic heterocycles. The predicted octanol–water partition coefficient (Wildman–Crippen LogP) is 1.81. The maximum absolute atomic E-state index is 12.3. The molecule has 0 spiro atoms. The summed E-state index contributed by atoms with van der Waals surface area (Å²) in [6.45, 7) is 6.68. The Labute approximate surface area is 137 Å². The van der Waals surface area contributed by atoms with Crippen molar-refractivity contribution in [1.82, 2.24) is 14.8 Å². The van der Waals surface area contributed by atoms with Crippen molar-refractivity contribution in [2.45, 2.75) is 31.9 Å². The van der Waals surface area contributed by atoms with Crippen LogP contribution in [-0.2, 0) is 9.53 Å². The molecule has 3 heterocycles. The van der Waals surface area contributed by atoms with E-state index in [2.05, 4.69) is 16.8 Å². The SMILES string of the molecule is CC1CN(C2CCN(C(=O)C=Cc3ccncc3)CC2)CCO1. The van der Waals surface area contributed by atoms with E-state index in [1.54, 1.807) is 18.5 Å². The molecule has 0 bridgehead atoms. The number of morpholine rings is 1. The quantitative estimate of drug-likeness (QED) is 0.798. The van der Waals surface area contributed by atoms with E-state index < -0.39 is 0 Å². The highest BCUT2D eigenvalue weighted by molar-refractivity contribution is 5.91. The van der Waals surface area contributed by atoms with Crippen molar-refractivity contribution in [2.24, 2.45) is 0 Å². The van der Waals surface area contributed by atoms with E-state index in [-0.39, 0.29) is 5.91 Å². The first kappa shape index (κ1) is 16.1. The van der Waals surface area contributed by atoms with Gasteiger partial charge in [0.15, 0.2) is 0 Å². The van der Waals surface area contributed by atoms with Gasteiger partial charge in [0.25, 0.3) is 0 Å². The predicted molar refractivity (Wildman–Crippen MR) is 89.9 cm³/mol. The molecule has 5 nitrogen and oxygen atoms in total. The van der Waals surface area contributed by atoms with Crippen LogP contribution in [0.2, 0.25) is 0 Å². The summed E-state index contributed by atoms with van der Waals surface area (Å²) in [7, 11) is 0. The van der Waals surface area contributed by atoms with Crippen LogP contribution < -0.4 is 0 Å². The molecular formula is C18H25N3O2. The summed E-state index contributed by atoms with van der Waals surface area (Å²) in [6, 6.07) is 4.39. The summed E-state index contributed by atoms with van der Waals surface area (Å²) >= 11 is 0. The van der Waals surface area contributed by atoms with Gasteiger partial charge in [-0.05, 0) is 43.5 Å². The number of carbonyl (C=O) groups is 1. The number of rotatable bonds is 3. The number of likely N-dealkylation sites (tertiary alicyclic amines) is 1. The zero-order chi connectivity index (χ0) is 16.1. The standard InChI is InChI=1S/C18H25N3O2/c1-15-14-21(12-13-23-15)17-6-10-20(11-7-17)18(22)3-2-16-4-8-19-9-5-16/h2-5,8-9,15,17H,6-7,10-14H2,1H3. The summed E-state index contributed by atoms with van der Waals surface area (Å²) in [5.41, 5.74) is 1.01. The van der Waals surface area contributed by atoms with Crippen LogP contribution in [0.3, 0.4) is 0 Å². The lowest BCUT2D eigenvalue weighted by Crippen LogP contribution is -2.51. The number of aromatic nitrogens is 1. The number of amides is 1. The van der Waals surface area contributed by atoms with Crippen LogP contribution in [0.5, 0.6) is 0 Å². The molecule has 1 unspecified atom stereocenters. The fourth-order valence-corrected chi connectivity index (χ4v) is 3.38. The molecule has 1 atom stereocenters. The van der Waals surface area contributed by atoms with Gasteiger partial charge in [0.2, 0.25) is 5.91 Å². The Morgan fingerprint density at radius 3 is 2.70 bits per heavy atom. The number of hydrogen-bond donors (Lipinski definition) is 0. The van der Waals surface area contributed by atoms with E-state index in [1.165, 1.54) is 0 Å². The van der Waals surface area contributed by atoms with Gasteiger partial charge in [-0.25, -0.2) is 0 Å². The molecule has 0 N–H and O–H groups in total. The Kier molecular flexibility index (Phi) is 5.41. The highest BCUT2D eigenvalue weighted by Gasteiger charge is 2.28. The minimum Gasteiger partial charge on any atom is -0.376 e. The maximum atomic E-state index is 12.3. The van der Waals surface area contributed by atoms with Crippen LogP contribution in [0.4, 0.5) is 0 Å². The lowest BCUT2D eigenvalue weighted by Gasteiger charge is -2.41. The molecule has 5 heteroatoms. The molecule has 3 rings (SSSR count). The third-order valence-corrected chi connectivity index (χ3v) is 4.69. The Morgan fingerprint density at radius 2 is 2.00 bits per heavy atom. The topological polar surface area (TPSA) is 45.7 Å². The van der Waals surface area contributed by atoms with Crippen LogP contribution in [0.1, 0.15) is 25.3 Å². The second-order valence-electron chi connectivity index (χ2n) is 6.35. The van der Waals surface area contributed by atoms with Gasteiger partial charge in [-0.15, -0.1) is 0 Å². The molecule has 1 amide bonds. The van der Waals surface area contributed by atoms with Gasteiger partial charge in [0.1, 0.15) is 0 Å². The van der Waals surface area contributed by atoms with Crippen LogP contribution in [0.25, 0.3) is 6.08 Å². The highest BCUT2D eigenvalue weighted by Crippen LogP contribution is 2.19. The lowest BCUT2D eigenvalue weighted by atomic mass is 10.0. The molecule has 124 valence electrons. The van der Waals surface area contributed by atoms with Crippen LogP contribution in [0.15, 0.2) is 30.6 Å². The second-order valence-corrected chi connectivity index (χ2v) is 6.35. The van der Waals surface area contributed by atoms with Crippen LogP contribution in [0, 0.1) is 0 Å². The van der Waals surface area contributed by atoms with Gasteiger partial charge in [0.05, 0.1) is 12.7 Å². The molecule has 0 saturated carbocycles. The molecule has 1 aromatic rings. The van der Waals surface area contributed by atoms with Gasteiger partial charge >= 0.3 is 0 Å². The fourth-order valence-electron chi connectivity index (χ4n) is 3.38. The van der Waals surface area contributed by atoms with Gasteiger partial charge in [-0.1, -0.05) is 0 Å². The van der Waals surface area contributed by atoms with Gasteiger partial charge in [-0.2, -0.15) is 0 Å². The first-order chi connectivity index (χ1) is 11.2. The van der Waals surface area contributed by atoms with Gasteiger partial charge in [0, 0.05) is 50.7 Å². The molecule has 2 aliphatic heterocycles. The van der Waals surface area contributed by atoms with Crippen LogP contribution in [-0.4, -0.2) is 65.6 Å². The third-order valence-electron chi connectivity index (χ3n) is 4.69. The third kappa shape index (κ3) is 4.39. The number of carbonyl (C=O) groups excluding carboxylic acids is 1. The van der Waals surface area contributed by atoms with E-state index in [9.17, 15) is 4.79 Å². The molecular weight excluding hydrogens is 290 g/mol. The first-order valence-corrected chi connectivity index (χ1v) is 8.45. The second kappa shape index (κ2) is 7.70. The average molecular weight is 315 g/mol. The minimum absolute atomic E-state index is 0.107. The molecule has 0 radical (unpaired) electrons. The molecule has 23 heavy (non-hydrogen) atoms. The number of piperidine rings is 1. The monoisotopic (exact) mass is 315 g/mol. The smallest absolute Gasteiger partial charge is 0.246 e. The minimum atomic E-state index is 0.107. The Bertz CT molecular complexity index is 538. The number of nitrogens with zero attached hydrogens (tertiary/aromatic N) is 3. The molecule has 0 aromatic carbocycles. The summed E-state index contributed by atoms with van der Waals surface area (Å²) in [6.07, 6.45) is 9.44. The van der Waals surface area contributed by atoms with Gasteiger partial charge in [-0.3, -0.25) is 14.7 Å². The number of pyridine rings is 1. The first-order valence-electron chi connectivity index (χ1n) is 8.45. The van der Waals surface area contributed by atoms with Gasteiger partial charge < -0.3 is 9.64 Å². The Morgan fingerprint density at radius 1 is 1.26 bits per heavy atom. The van der Waals surface area contributed by atoms with Crippen molar-refractivity contribution >= 4 is 12.0 Å². The Balaban J connectivity index is 1.48. The van der Waals surface area contributed by atoms with Crippen molar-refractivity contribution in [3.05, 3.63) is 36.2 Å².